The second-order valence-corrected chi connectivity index (χ2v) is 5.03. The van der Waals surface area contributed by atoms with Gasteiger partial charge in [-0.25, -0.2) is 4.39 Å². The largest absolute Gasteiger partial charge is 0.279 e. The van der Waals surface area contributed by atoms with Crippen LogP contribution >= 0.6 is 27.3 Å². The molecule has 0 fully saturated rings. The average Bonchev–Trinajstić information content (AvgIpc) is 2.64. The van der Waals surface area contributed by atoms with Crippen LogP contribution < -0.4 is 0 Å². The fraction of sp³-hybridized carbons (Fsp3) is 0. The van der Waals surface area contributed by atoms with Crippen molar-refractivity contribution in [3.63, 3.8) is 0 Å². The maximum Gasteiger partial charge on any atom is 0.279 e. The Morgan fingerprint density at radius 1 is 1.44 bits per heavy atom. The molecule has 0 saturated carbocycles. The molecule has 0 amide bonds. The quantitative estimate of drug-likeness (QED) is 0.631. The second-order valence-electron chi connectivity index (χ2n) is 2.78. The van der Waals surface area contributed by atoms with Gasteiger partial charge in [0.2, 0.25) is 0 Å². The van der Waals surface area contributed by atoms with E-state index in [-0.39, 0.29) is 11.3 Å². The molecule has 0 spiro atoms. The molecule has 1 aromatic carbocycles. The Morgan fingerprint density at radius 3 is 2.75 bits per heavy atom. The first-order valence-electron chi connectivity index (χ1n) is 4.01. The van der Waals surface area contributed by atoms with Crippen molar-refractivity contribution in [1.29, 1.82) is 0 Å². The topological polar surface area (TPSA) is 68.9 Å². The molecule has 0 radical (unpaired) electrons. The van der Waals surface area contributed by atoms with E-state index in [1.807, 2.05) is 0 Å². The van der Waals surface area contributed by atoms with Crippen LogP contribution in [0.3, 0.4) is 0 Å². The number of halogens is 2. The van der Waals surface area contributed by atoms with E-state index in [1.54, 1.807) is 0 Å². The summed E-state index contributed by atoms with van der Waals surface area (Å²) in [5, 5.41) is 18.4. The van der Waals surface area contributed by atoms with Crippen molar-refractivity contribution in [2.24, 2.45) is 0 Å². The summed E-state index contributed by atoms with van der Waals surface area (Å²) in [5.74, 6) is -0.549. The van der Waals surface area contributed by atoms with Crippen molar-refractivity contribution in [2.45, 2.75) is 0 Å². The lowest BCUT2D eigenvalue weighted by atomic mass is 10.2. The molecule has 0 bridgehead atoms. The highest BCUT2D eigenvalue weighted by Crippen LogP contribution is 2.33. The van der Waals surface area contributed by atoms with Crippen molar-refractivity contribution in [3.05, 3.63) is 38.0 Å². The van der Waals surface area contributed by atoms with Crippen molar-refractivity contribution in [2.75, 3.05) is 0 Å². The van der Waals surface area contributed by atoms with Crippen LogP contribution in [-0.4, -0.2) is 15.1 Å². The number of hydrogen-bond donors (Lipinski definition) is 0. The van der Waals surface area contributed by atoms with Gasteiger partial charge in [0.1, 0.15) is 5.82 Å². The number of rotatable bonds is 2. The van der Waals surface area contributed by atoms with E-state index in [4.69, 9.17) is 0 Å². The maximum absolute atomic E-state index is 13.0. The van der Waals surface area contributed by atoms with E-state index < -0.39 is 10.7 Å². The van der Waals surface area contributed by atoms with Gasteiger partial charge in [-0.15, -0.1) is 10.2 Å². The third-order valence-electron chi connectivity index (χ3n) is 1.79. The predicted octanol–water partition coefficient (Wildman–Crippen LogP) is 3.01. The number of aromatic nitrogens is 2. The molecule has 0 unspecified atom stereocenters. The minimum Gasteiger partial charge on any atom is -0.258 e. The number of benzene rings is 1. The summed E-state index contributed by atoms with van der Waals surface area (Å²) in [6.45, 7) is 0. The summed E-state index contributed by atoms with van der Waals surface area (Å²) in [7, 11) is 0. The maximum atomic E-state index is 13.0. The minimum atomic E-state index is -0.579. The average molecular weight is 304 g/mol. The molecule has 1 heterocycles. The van der Waals surface area contributed by atoms with E-state index >= 15 is 0 Å². The monoisotopic (exact) mass is 303 g/mol. The third-order valence-corrected chi connectivity index (χ3v) is 3.18. The van der Waals surface area contributed by atoms with Crippen LogP contribution in [0.2, 0.25) is 0 Å². The third kappa shape index (κ3) is 2.07. The lowest BCUT2D eigenvalue weighted by Crippen LogP contribution is -1.92. The molecule has 0 aliphatic carbocycles. The van der Waals surface area contributed by atoms with Gasteiger partial charge >= 0.3 is 0 Å². The minimum absolute atomic E-state index is 0.133. The SMILES string of the molecule is O=[N+]([O-])c1ccc(F)cc1-c1nnc(Br)s1. The Kier molecular flexibility index (Phi) is 2.92. The Bertz CT molecular complexity index is 560. The van der Waals surface area contributed by atoms with E-state index in [0.29, 0.717) is 8.92 Å². The molecule has 5 nitrogen and oxygen atoms in total. The Hall–Kier alpha value is -1.41. The van der Waals surface area contributed by atoms with Gasteiger partial charge in [-0.1, -0.05) is 11.3 Å². The first kappa shape index (κ1) is 11.1. The lowest BCUT2D eigenvalue weighted by molar-refractivity contribution is -0.384. The van der Waals surface area contributed by atoms with Crippen LogP contribution in [0.15, 0.2) is 22.1 Å². The molecule has 82 valence electrons. The van der Waals surface area contributed by atoms with E-state index in [2.05, 4.69) is 26.1 Å². The fourth-order valence-corrected chi connectivity index (χ4v) is 2.29. The molecular formula is C8H3BrFN3O2S. The van der Waals surface area contributed by atoms with Gasteiger partial charge in [0, 0.05) is 6.07 Å². The highest BCUT2D eigenvalue weighted by Gasteiger charge is 2.19. The summed E-state index contributed by atoms with van der Waals surface area (Å²) in [4.78, 5) is 10.2. The highest BCUT2D eigenvalue weighted by molar-refractivity contribution is 9.11. The second kappa shape index (κ2) is 4.22. The molecular weight excluding hydrogens is 301 g/mol. The van der Waals surface area contributed by atoms with Gasteiger partial charge < -0.3 is 0 Å². The molecule has 0 atom stereocenters. The van der Waals surface area contributed by atoms with Crippen molar-refractivity contribution >= 4 is 33.0 Å². The van der Waals surface area contributed by atoms with Gasteiger partial charge in [0.15, 0.2) is 8.92 Å². The zero-order valence-corrected chi connectivity index (χ0v) is 9.96. The van der Waals surface area contributed by atoms with Crippen LogP contribution in [0.4, 0.5) is 10.1 Å². The highest BCUT2D eigenvalue weighted by atomic mass is 79.9. The molecule has 16 heavy (non-hydrogen) atoms. The first-order chi connectivity index (χ1) is 7.58. The molecule has 0 aliphatic rings. The van der Waals surface area contributed by atoms with E-state index in [9.17, 15) is 14.5 Å². The van der Waals surface area contributed by atoms with Gasteiger partial charge in [-0.05, 0) is 28.1 Å². The van der Waals surface area contributed by atoms with Crippen LogP contribution in [0.5, 0.6) is 0 Å². The number of nitro benzene ring substituents is 1. The molecule has 0 N–H and O–H groups in total. The predicted molar refractivity (Wildman–Crippen MR) is 59.7 cm³/mol. The van der Waals surface area contributed by atoms with E-state index in [1.165, 1.54) is 0 Å². The summed E-state index contributed by atoms with van der Waals surface area (Å²) in [6.07, 6.45) is 0. The molecule has 2 rings (SSSR count). The van der Waals surface area contributed by atoms with Gasteiger partial charge in [-0.3, -0.25) is 10.1 Å². The van der Waals surface area contributed by atoms with E-state index in [0.717, 1.165) is 29.5 Å². The first-order valence-corrected chi connectivity index (χ1v) is 5.62. The molecule has 0 saturated heterocycles. The van der Waals surface area contributed by atoms with Crippen molar-refractivity contribution in [3.8, 4) is 10.6 Å². The normalized spacial score (nSPS) is 10.4. The number of nitro groups is 1. The summed E-state index contributed by atoms with van der Waals surface area (Å²) in [5.41, 5.74) is -0.0572. The van der Waals surface area contributed by atoms with Crippen LogP contribution in [0.25, 0.3) is 10.6 Å². The van der Waals surface area contributed by atoms with Crippen LogP contribution in [0, 0.1) is 15.9 Å². The molecule has 0 aliphatic heterocycles. The smallest absolute Gasteiger partial charge is 0.258 e. The summed E-state index contributed by atoms with van der Waals surface area (Å²) < 4.78 is 13.5. The molecule has 2 aromatic rings. The fourth-order valence-electron chi connectivity index (χ4n) is 1.15. The number of hydrogen-bond acceptors (Lipinski definition) is 5. The van der Waals surface area contributed by atoms with Gasteiger partial charge in [-0.2, -0.15) is 0 Å². The summed E-state index contributed by atoms with van der Waals surface area (Å²) in [6, 6.07) is 3.22. The standard InChI is InChI=1S/C8H3BrFN3O2S/c9-8-12-11-7(16-8)5-3-4(10)1-2-6(5)13(14)15/h1-3H. The number of nitrogens with zero attached hydrogens (tertiary/aromatic N) is 3. The van der Waals surface area contributed by atoms with Crippen molar-refractivity contribution < 1.29 is 9.31 Å². The van der Waals surface area contributed by atoms with Crippen molar-refractivity contribution in [1.82, 2.24) is 10.2 Å². The Balaban J connectivity index is 2.62. The lowest BCUT2D eigenvalue weighted by Gasteiger charge is -1.98. The van der Waals surface area contributed by atoms with Gasteiger partial charge in [0.25, 0.3) is 5.69 Å². The van der Waals surface area contributed by atoms with Gasteiger partial charge in [0.05, 0.1) is 10.5 Å². The van der Waals surface area contributed by atoms with Crippen LogP contribution in [0.1, 0.15) is 0 Å². The zero-order valence-electron chi connectivity index (χ0n) is 7.55. The van der Waals surface area contributed by atoms with Crippen LogP contribution in [-0.2, 0) is 0 Å². The Labute approximate surface area is 101 Å². The molecule has 1 aromatic heterocycles. The summed E-state index contributed by atoms with van der Waals surface area (Å²) >= 11 is 4.20. The molecule has 8 heteroatoms. The zero-order chi connectivity index (χ0) is 11.7. The Morgan fingerprint density at radius 2 is 2.19 bits per heavy atom.